The van der Waals surface area contributed by atoms with Gasteiger partial charge in [-0.1, -0.05) is 43.0 Å². The van der Waals surface area contributed by atoms with E-state index in [4.69, 9.17) is 16.0 Å². The Balaban J connectivity index is 1.21. The number of hydrogen-bond donors (Lipinski definition) is 1. The molecule has 1 aliphatic heterocycles. The lowest BCUT2D eigenvalue weighted by atomic mass is 9.63. The van der Waals surface area contributed by atoms with E-state index < -0.39 is 46.6 Å². The summed E-state index contributed by atoms with van der Waals surface area (Å²) in [5.74, 6) is -2.16. The molecule has 2 fully saturated rings. The highest BCUT2D eigenvalue weighted by Crippen LogP contribution is 2.47. The lowest BCUT2D eigenvalue weighted by Gasteiger charge is -2.48. The van der Waals surface area contributed by atoms with E-state index in [2.05, 4.69) is 20.1 Å². The number of amides is 2. The molecule has 2 aromatic heterocycles. The first kappa shape index (κ1) is 36.3. The number of alkyl halides is 5. The SMILES string of the molecule is O=C(N[C@H](Cc1ccc(Cl)cc1)C(=O)N1CCC(Cn2cncn2)(C2CCCCC2)CC1)c1cc(=O)c2cc(OC(F)(F)C(F)(F)F)ccc2o1. The maximum atomic E-state index is 14.2. The first-order chi connectivity index (χ1) is 24.2. The van der Waals surface area contributed by atoms with Crippen molar-refractivity contribution in [2.24, 2.45) is 11.3 Å². The molecule has 0 unspecified atom stereocenters. The Morgan fingerprint density at radius 3 is 2.37 bits per heavy atom. The Morgan fingerprint density at radius 1 is 1.02 bits per heavy atom. The van der Waals surface area contributed by atoms with E-state index >= 15 is 0 Å². The van der Waals surface area contributed by atoms with E-state index in [1.165, 1.54) is 12.7 Å². The first-order valence-corrected chi connectivity index (χ1v) is 17.0. The molecule has 4 aromatic rings. The molecule has 51 heavy (non-hydrogen) atoms. The van der Waals surface area contributed by atoms with Gasteiger partial charge in [0.1, 0.15) is 30.0 Å². The number of fused-ring (bicyclic) bond motifs is 1. The van der Waals surface area contributed by atoms with Gasteiger partial charge in [0.2, 0.25) is 5.91 Å². The molecule has 2 amide bonds. The van der Waals surface area contributed by atoms with Crippen molar-refractivity contribution in [2.75, 3.05) is 13.1 Å². The van der Waals surface area contributed by atoms with Crippen LogP contribution in [0.4, 0.5) is 22.0 Å². The predicted molar refractivity (Wildman–Crippen MR) is 175 cm³/mol. The van der Waals surface area contributed by atoms with Gasteiger partial charge < -0.3 is 19.4 Å². The van der Waals surface area contributed by atoms with Crippen LogP contribution >= 0.6 is 11.6 Å². The van der Waals surface area contributed by atoms with Gasteiger partial charge in [-0.05, 0) is 72.9 Å². The Kier molecular flexibility index (Phi) is 10.4. The summed E-state index contributed by atoms with van der Waals surface area (Å²) in [7, 11) is 0. The maximum absolute atomic E-state index is 14.2. The van der Waals surface area contributed by atoms with E-state index in [-0.39, 0.29) is 23.3 Å². The Morgan fingerprint density at radius 2 is 1.73 bits per heavy atom. The molecule has 6 rings (SSSR count). The molecule has 1 saturated heterocycles. The van der Waals surface area contributed by atoms with Crippen LogP contribution in [0.3, 0.4) is 0 Å². The lowest BCUT2D eigenvalue weighted by molar-refractivity contribution is -0.360. The summed E-state index contributed by atoms with van der Waals surface area (Å²) in [6.07, 6.45) is -0.927. The van der Waals surface area contributed by atoms with Gasteiger partial charge in [-0.25, -0.2) is 4.98 Å². The fraction of sp³-hybridized carbons (Fsp3) is 0.457. The zero-order chi connectivity index (χ0) is 36.4. The minimum absolute atomic E-state index is 0.0676. The molecular weight excluding hydrogens is 701 g/mol. The van der Waals surface area contributed by atoms with Crippen LogP contribution in [0.2, 0.25) is 5.02 Å². The van der Waals surface area contributed by atoms with Crippen molar-refractivity contribution in [3.05, 3.63) is 87.8 Å². The molecule has 2 aromatic carbocycles. The van der Waals surface area contributed by atoms with Crippen molar-refractivity contribution in [1.29, 1.82) is 0 Å². The molecular formula is C35H35ClF5N5O5. The summed E-state index contributed by atoms with van der Waals surface area (Å²) in [5, 5.41) is 7.15. The number of benzene rings is 2. The van der Waals surface area contributed by atoms with Gasteiger partial charge in [-0.2, -0.15) is 27.1 Å². The molecule has 1 atom stereocenters. The summed E-state index contributed by atoms with van der Waals surface area (Å²) in [6, 6.07) is 8.85. The van der Waals surface area contributed by atoms with Gasteiger partial charge in [0, 0.05) is 37.1 Å². The topological polar surface area (TPSA) is 120 Å². The average molecular weight is 736 g/mol. The van der Waals surface area contributed by atoms with Crippen molar-refractivity contribution < 1.29 is 40.7 Å². The second kappa shape index (κ2) is 14.6. The van der Waals surface area contributed by atoms with Crippen molar-refractivity contribution in [3.8, 4) is 5.75 Å². The lowest BCUT2D eigenvalue weighted by Crippen LogP contribution is -2.54. The number of halogens is 6. The van der Waals surface area contributed by atoms with Gasteiger partial charge in [-0.15, -0.1) is 0 Å². The highest BCUT2D eigenvalue weighted by atomic mass is 35.5. The molecule has 0 radical (unpaired) electrons. The molecule has 2 aliphatic rings. The van der Waals surface area contributed by atoms with Crippen LogP contribution in [0.1, 0.15) is 61.1 Å². The summed E-state index contributed by atoms with van der Waals surface area (Å²) in [4.78, 5) is 46.4. The first-order valence-electron chi connectivity index (χ1n) is 16.6. The third-order valence-corrected chi connectivity index (χ3v) is 10.2. The van der Waals surface area contributed by atoms with Crippen LogP contribution in [-0.4, -0.2) is 62.9 Å². The number of nitrogens with one attached hydrogen (secondary N) is 1. The molecule has 0 bridgehead atoms. The molecule has 10 nitrogen and oxygen atoms in total. The quantitative estimate of drug-likeness (QED) is 0.178. The van der Waals surface area contributed by atoms with Gasteiger partial charge in [0.05, 0.1) is 5.39 Å². The van der Waals surface area contributed by atoms with Gasteiger partial charge in [-0.3, -0.25) is 19.1 Å². The van der Waals surface area contributed by atoms with Crippen molar-refractivity contribution in [3.63, 3.8) is 0 Å². The number of likely N-dealkylation sites (tertiary alicyclic amines) is 1. The largest absolute Gasteiger partial charge is 0.499 e. The molecule has 272 valence electrons. The number of aromatic nitrogens is 3. The van der Waals surface area contributed by atoms with Crippen LogP contribution in [0.25, 0.3) is 11.0 Å². The number of carbonyl (C=O) groups excluding carboxylic acids is 2. The van der Waals surface area contributed by atoms with Crippen LogP contribution in [0, 0.1) is 11.3 Å². The highest BCUT2D eigenvalue weighted by Gasteiger charge is 2.61. The Labute approximate surface area is 293 Å². The number of piperidine rings is 1. The van der Waals surface area contributed by atoms with Crippen molar-refractivity contribution in [1.82, 2.24) is 25.0 Å². The van der Waals surface area contributed by atoms with Crippen molar-refractivity contribution >= 4 is 34.4 Å². The minimum atomic E-state index is -5.99. The number of carbonyl (C=O) groups is 2. The smallest absolute Gasteiger partial charge is 0.451 e. The van der Waals surface area contributed by atoms with Crippen LogP contribution in [0.15, 0.2) is 70.4 Å². The average Bonchev–Trinajstić information content (AvgIpc) is 3.61. The molecule has 1 saturated carbocycles. The van der Waals surface area contributed by atoms with Gasteiger partial charge in [0.15, 0.2) is 11.2 Å². The zero-order valence-electron chi connectivity index (χ0n) is 27.3. The Bertz CT molecular complexity index is 1900. The number of ether oxygens (including phenoxy) is 1. The summed E-state index contributed by atoms with van der Waals surface area (Å²) in [5.41, 5.74) is -0.522. The number of hydrogen-bond acceptors (Lipinski definition) is 7. The molecule has 3 heterocycles. The normalized spacial score (nSPS) is 17.6. The standard InChI is InChI=1S/C35H35ClF5N5O5/c36-24-8-6-22(7-9-24)16-27(32(49)45-14-12-33(13-15-45,19-46-21-42-20-43-46)23-4-2-1-3-5-23)44-31(48)30-18-28(47)26-17-25(10-11-29(26)50-30)51-35(40,41)34(37,38)39/h6-11,17-18,20-21,23,27H,1-5,12-16,19H2,(H,44,48)/t27-/m1/s1. The van der Waals surface area contributed by atoms with Gasteiger partial charge in [0.25, 0.3) is 5.91 Å². The summed E-state index contributed by atoms with van der Waals surface area (Å²) < 4.78 is 76.0. The fourth-order valence-corrected chi connectivity index (χ4v) is 7.37. The third kappa shape index (κ3) is 8.18. The fourth-order valence-electron chi connectivity index (χ4n) is 7.24. The zero-order valence-corrected chi connectivity index (χ0v) is 28.1. The Hall–Kier alpha value is -4.53. The second-order valence-electron chi connectivity index (χ2n) is 13.2. The highest BCUT2D eigenvalue weighted by molar-refractivity contribution is 6.30. The van der Waals surface area contributed by atoms with E-state index in [1.807, 2.05) is 4.68 Å². The van der Waals surface area contributed by atoms with Gasteiger partial charge >= 0.3 is 12.3 Å². The van der Waals surface area contributed by atoms with E-state index in [9.17, 15) is 36.3 Å². The van der Waals surface area contributed by atoms with Crippen LogP contribution in [-0.2, 0) is 17.8 Å². The maximum Gasteiger partial charge on any atom is 0.499 e. The van der Waals surface area contributed by atoms with E-state index in [1.54, 1.807) is 35.5 Å². The molecule has 1 aliphatic carbocycles. The monoisotopic (exact) mass is 735 g/mol. The number of nitrogens with zero attached hydrogens (tertiary/aromatic N) is 4. The molecule has 0 spiro atoms. The van der Waals surface area contributed by atoms with Crippen molar-refractivity contribution in [2.45, 2.75) is 76.2 Å². The summed E-state index contributed by atoms with van der Waals surface area (Å²) >= 11 is 6.07. The second-order valence-corrected chi connectivity index (χ2v) is 13.7. The third-order valence-electron chi connectivity index (χ3n) is 9.94. The molecule has 1 N–H and O–H groups in total. The van der Waals surface area contributed by atoms with E-state index in [0.717, 1.165) is 56.7 Å². The summed E-state index contributed by atoms with van der Waals surface area (Å²) in [6.45, 7) is 1.61. The predicted octanol–water partition coefficient (Wildman–Crippen LogP) is 6.80. The van der Waals surface area contributed by atoms with Crippen LogP contribution in [0.5, 0.6) is 5.75 Å². The van der Waals surface area contributed by atoms with E-state index in [0.29, 0.717) is 42.2 Å². The molecule has 16 heteroatoms. The minimum Gasteiger partial charge on any atom is -0.451 e. The van der Waals surface area contributed by atoms with Crippen LogP contribution < -0.4 is 15.5 Å². The number of rotatable bonds is 10.